The number of nitrogens with two attached hydrogens (primary N) is 1. The maximum absolute atomic E-state index is 5.42. The van der Waals surface area contributed by atoms with E-state index in [0.717, 1.165) is 12.5 Å². The highest BCUT2D eigenvalue weighted by Crippen LogP contribution is 2.13. The Hall–Kier alpha value is 0.114. The molecule has 0 aliphatic heterocycles. The molecule has 0 spiro atoms. The summed E-state index contributed by atoms with van der Waals surface area (Å²) < 4.78 is 37.2. The third kappa shape index (κ3) is 10.9. The van der Waals surface area contributed by atoms with Gasteiger partial charge in [-0.25, -0.2) is 0 Å². The second-order valence-corrected chi connectivity index (χ2v) is 9.67. The Morgan fingerprint density at radius 3 is 1.21 bits per heavy atom. The lowest BCUT2D eigenvalue weighted by molar-refractivity contribution is -0.0247. The minimum absolute atomic E-state index is 0.548. The van der Waals surface area contributed by atoms with E-state index in [1.165, 1.54) is 0 Å². The molecule has 0 aromatic carbocycles. The third-order valence-electron chi connectivity index (χ3n) is 2.90. The van der Waals surface area contributed by atoms with Crippen LogP contribution in [-0.2, 0) is 31.0 Å². The molecule has 10 heteroatoms. The Kier molecular flexibility index (Phi) is 18.2. The van der Waals surface area contributed by atoms with Gasteiger partial charge < -0.3 is 36.7 Å². The van der Waals surface area contributed by atoms with Gasteiger partial charge in [0.05, 0.1) is 0 Å². The summed E-state index contributed by atoms with van der Waals surface area (Å²) >= 11 is 0. The molecular weight excluding hydrogens is 350 g/mol. The summed E-state index contributed by atoms with van der Waals surface area (Å²) in [5.74, 6) is 0. The zero-order valence-electron chi connectivity index (χ0n) is 16.4. The lowest BCUT2D eigenvalue weighted by atomic mass is 10.5. The molecule has 0 unspecified atom stereocenters. The monoisotopic (exact) mass is 387 g/mol. The Balaban J connectivity index is 0. The van der Waals surface area contributed by atoms with Crippen LogP contribution in [-0.4, -0.2) is 72.2 Å². The van der Waals surface area contributed by atoms with Crippen molar-refractivity contribution in [3.63, 3.8) is 0 Å². The van der Waals surface area contributed by atoms with Gasteiger partial charge in [0.2, 0.25) is 0 Å². The van der Waals surface area contributed by atoms with E-state index < -0.39 is 17.9 Å². The van der Waals surface area contributed by atoms with E-state index in [1.807, 2.05) is 27.7 Å². The van der Waals surface area contributed by atoms with Gasteiger partial charge in [-0.05, 0) is 40.7 Å². The van der Waals surface area contributed by atoms with Crippen molar-refractivity contribution >= 4 is 17.9 Å². The molecule has 0 amide bonds. The molecule has 0 saturated carbocycles. The summed E-state index contributed by atoms with van der Waals surface area (Å²) in [5.41, 5.74) is 5.36. The lowest BCUT2D eigenvalue weighted by Crippen LogP contribution is -2.49. The molecule has 8 nitrogen and oxygen atoms in total. The van der Waals surface area contributed by atoms with Gasteiger partial charge in [0, 0.05) is 53.8 Å². The molecule has 24 heavy (non-hydrogen) atoms. The van der Waals surface area contributed by atoms with Gasteiger partial charge in [-0.1, -0.05) is 0 Å². The molecule has 0 saturated heterocycles. The fourth-order valence-electron chi connectivity index (χ4n) is 1.83. The fraction of sp³-hybridized carbons (Fsp3) is 1.00. The van der Waals surface area contributed by atoms with Crippen LogP contribution in [0.25, 0.3) is 0 Å². The van der Waals surface area contributed by atoms with Gasteiger partial charge in [-0.2, -0.15) is 0 Å². The number of hydrogen-bond acceptors (Lipinski definition) is 8. The number of hydrogen-bond donors (Lipinski definition) is 1. The summed E-state index contributed by atoms with van der Waals surface area (Å²) in [6.45, 7) is 10.4. The highest BCUT2D eigenvalue weighted by molar-refractivity contribution is 6.60. The molecule has 0 aromatic rings. The van der Waals surface area contributed by atoms with Crippen molar-refractivity contribution in [3.8, 4) is 0 Å². The quantitative estimate of drug-likeness (QED) is 0.451. The van der Waals surface area contributed by atoms with Crippen LogP contribution in [0.5, 0.6) is 0 Å². The molecule has 0 aliphatic rings. The normalized spacial score (nSPS) is 12.0. The molecule has 0 radical (unpaired) electrons. The first-order chi connectivity index (χ1) is 11.5. The summed E-state index contributed by atoms with van der Waals surface area (Å²) in [6, 6.07) is 0.785. The Bertz CT molecular complexity index is 234. The average Bonchev–Trinajstić information content (AvgIpc) is 2.58. The highest BCUT2D eigenvalue weighted by Gasteiger charge is 2.44. The maximum Gasteiger partial charge on any atom is 0.679 e. The first kappa shape index (κ1) is 26.3. The second-order valence-electron chi connectivity index (χ2n) is 4.42. The smallest absolute Gasteiger partial charge is 0.377 e. The zero-order chi connectivity index (χ0) is 18.9. The SMILES string of the molecule is CCO[Si](OCC)(OCC)OCC.CO[Si](CCCN)(OC)OC. The minimum atomic E-state index is -2.80. The fourth-order valence-corrected chi connectivity index (χ4v) is 5.50. The molecule has 2 N–H and O–H groups in total. The molecule has 0 aromatic heterocycles. The van der Waals surface area contributed by atoms with Crippen LogP contribution in [0.3, 0.4) is 0 Å². The maximum atomic E-state index is 5.42. The van der Waals surface area contributed by atoms with Crippen LogP contribution < -0.4 is 5.73 Å². The summed E-state index contributed by atoms with van der Waals surface area (Å²) in [6.07, 6.45) is 0.877. The predicted octanol–water partition coefficient (Wildman–Crippen LogP) is 1.78. The second kappa shape index (κ2) is 16.6. The Morgan fingerprint density at radius 2 is 1.00 bits per heavy atom. The van der Waals surface area contributed by atoms with Crippen molar-refractivity contribution in [1.82, 2.24) is 0 Å². The Labute approximate surface area is 149 Å². The van der Waals surface area contributed by atoms with Crippen molar-refractivity contribution in [3.05, 3.63) is 0 Å². The summed E-state index contributed by atoms with van der Waals surface area (Å²) in [4.78, 5) is 0. The van der Waals surface area contributed by atoms with E-state index in [-0.39, 0.29) is 0 Å². The minimum Gasteiger partial charge on any atom is -0.377 e. The summed E-state index contributed by atoms with van der Waals surface area (Å²) in [7, 11) is -0.293. The topological polar surface area (TPSA) is 90.6 Å². The van der Waals surface area contributed by atoms with Gasteiger partial charge in [0.1, 0.15) is 0 Å². The van der Waals surface area contributed by atoms with Gasteiger partial charge in [0.25, 0.3) is 0 Å². The van der Waals surface area contributed by atoms with Crippen LogP contribution in [0.1, 0.15) is 34.1 Å². The van der Waals surface area contributed by atoms with Gasteiger partial charge in [-0.3, -0.25) is 0 Å². The predicted molar refractivity (Wildman–Crippen MR) is 97.5 cm³/mol. The molecule has 0 atom stereocenters. The standard InChI is InChI=1S/C8H20O4Si.C6H17NO3Si/c1-5-9-13(10-6-2,11-7-3)12-8-4;1-8-11(9-2,10-3)6-4-5-7/h5-8H2,1-4H3;4-7H2,1-3H3. The van der Waals surface area contributed by atoms with Crippen LogP contribution in [0, 0.1) is 0 Å². The van der Waals surface area contributed by atoms with Crippen LogP contribution in [0.4, 0.5) is 0 Å². The van der Waals surface area contributed by atoms with Gasteiger partial charge in [-0.15, -0.1) is 0 Å². The van der Waals surface area contributed by atoms with Crippen molar-refractivity contribution < 1.29 is 31.0 Å². The molecule has 0 aliphatic carbocycles. The van der Waals surface area contributed by atoms with E-state index in [1.54, 1.807) is 21.3 Å². The first-order valence-electron chi connectivity index (χ1n) is 8.40. The van der Waals surface area contributed by atoms with E-state index in [9.17, 15) is 0 Å². The van der Waals surface area contributed by atoms with Crippen LogP contribution in [0.15, 0.2) is 0 Å². The van der Waals surface area contributed by atoms with Crippen molar-refractivity contribution in [2.24, 2.45) is 5.73 Å². The van der Waals surface area contributed by atoms with E-state index in [2.05, 4.69) is 0 Å². The average molecular weight is 388 g/mol. The highest BCUT2D eigenvalue weighted by atomic mass is 28.4. The Morgan fingerprint density at radius 1 is 0.667 bits per heavy atom. The molecule has 0 fully saturated rings. The largest absolute Gasteiger partial charge is 0.679 e. The van der Waals surface area contributed by atoms with Crippen LogP contribution >= 0.6 is 0 Å². The lowest BCUT2D eigenvalue weighted by Gasteiger charge is -2.26. The van der Waals surface area contributed by atoms with E-state index in [0.29, 0.717) is 33.0 Å². The zero-order valence-corrected chi connectivity index (χ0v) is 18.4. The van der Waals surface area contributed by atoms with Crippen molar-refractivity contribution in [2.45, 2.75) is 40.2 Å². The molecule has 0 rings (SSSR count). The molecular formula is C14H37NO7Si2. The number of rotatable bonds is 14. The molecule has 148 valence electrons. The van der Waals surface area contributed by atoms with Crippen molar-refractivity contribution in [1.29, 1.82) is 0 Å². The molecule has 0 bridgehead atoms. The van der Waals surface area contributed by atoms with Gasteiger partial charge >= 0.3 is 17.9 Å². The first-order valence-corrected chi connectivity index (χ1v) is 12.0. The third-order valence-corrected chi connectivity index (χ3v) is 8.31. The van der Waals surface area contributed by atoms with Gasteiger partial charge in [0.15, 0.2) is 0 Å². The van der Waals surface area contributed by atoms with Crippen LogP contribution in [0.2, 0.25) is 6.04 Å². The van der Waals surface area contributed by atoms with E-state index >= 15 is 0 Å². The van der Waals surface area contributed by atoms with E-state index in [4.69, 9.17) is 36.7 Å². The molecule has 0 heterocycles. The van der Waals surface area contributed by atoms with Crippen molar-refractivity contribution in [2.75, 3.05) is 54.3 Å². The summed E-state index contributed by atoms with van der Waals surface area (Å²) in [5, 5.41) is 0.